The number of nitrogens with zero attached hydrogens (tertiary/aromatic N) is 3. The second kappa shape index (κ2) is 4.32. The van der Waals surface area contributed by atoms with Gasteiger partial charge in [0.25, 0.3) is 0 Å². The minimum absolute atomic E-state index is 0.141. The Morgan fingerprint density at radius 2 is 2.13 bits per heavy atom. The molecule has 76 valence electrons. The highest BCUT2D eigenvalue weighted by molar-refractivity contribution is 5.91. The van der Waals surface area contributed by atoms with Crippen molar-refractivity contribution in [1.29, 1.82) is 0 Å². The number of H-pyrrole nitrogens is 1. The van der Waals surface area contributed by atoms with E-state index in [4.69, 9.17) is 0 Å². The van der Waals surface area contributed by atoms with Crippen LogP contribution >= 0.6 is 0 Å². The Labute approximate surface area is 85.7 Å². The molecule has 1 amide bonds. The van der Waals surface area contributed by atoms with E-state index in [1.165, 1.54) is 0 Å². The third-order valence-corrected chi connectivity index (χ3v) is 1.77. The fraction of sp³-hybridized carbons (Fsp3) is 0.111. The highest BCUT2D eigenvalue weighted by atomic mass is 16.1. The predicted molar refractivity (Wildman–Crippen MR) is 53.0 cm³/mol. The molecule has 0 saturated carbocycles. The van der Waals surface area contributed by atoms with E-state index in [0.717, 1.165) is 5.69 Å². The first kappa shape index (κ1) is 9.32. The monoisotopic (exact) mass is 203 g/mol. The maximum Gasteiger partial charge on any atom is 0.232 e. The molecule has 1 aromatic heterocycles. The Morgan fingerprint density at radius 1 is 1.33 bits per heavy atom. The van der Waals surface area contributed by atoms with Gasteiger partial charge in [0.1, 0.15) is 0 Å². The van der Waals surface area contributed by atoms with E-state index < -0.39 is 0 Å². The van der Waals surface area contributed by atoms with Crippen LogP contribution in [0.3, 0.4) is 0 Å². The number of aromatic amines is 1. The average molecular weight is 203 g/mol. The van der Waals surface area contributed by atoms with Crippen LogP contribution in [0, 0.1) is 0 Å². The van der Waals surface area contributed by atoms with E-state index in [1.54, 1.807) is 0 Å². The lowest BCUT2D eigenvalue weighted by molar-refractivity contribution is -0.115. The van der Waals surface area contributed by atoms with Gasteiger partial charge in [-0.2, -0.15) is 0 Å². The van der Waals surface area contributed by atoms with E-state index in [0.29, 0.717) is 5.82 Å². The molecule has 0 bridgehead atoms. The number of hydrogen-bond acceptors (Lipinski definition) is 4. The minimum Gasteiger partial charge on any atom is -0.326 e. The van der Waals surface area contributed by atoms with Gasteiger partial charge < -0.3 is 5.32 Å². The van der Waals surface area contributed by atoms with Gasteiger partial charge in [0, 0.05) is 5.69 Å². The molecule has 15 heavy (non-hydrogen) atoms. The molecule has 0 aliphatic carbocycles. The van der Waals surface area contributed by atoms with Crippen molar-refractivity contribution < 1.29 is 4.79 Å². The first-order chi connectivity index (χ1) is 7.34. The number of carbonyl (C=O) groups is 1. The molecule has 2 N–H and O–H groups in total. The van der Waals surface area contributed by atoms with Gasteiger partial charge in [0.05, 0.1) is 6.42 Å². The fourth-order valence-electron chi connectivity index (χ4n) is 1.13. The third kappa shape index (κ3) is 2.60. The van der Waals surface area contributed by atoms with Crippen LogP contribution in [0.15, 0.2) is 30.3 Å². The van der Waals surface area contributed by atoms with Crippen LogP contribution in [-0.4, -0.2) is 26.5 Å². The number of rotatable bonds is 3. The number of hydrogen-bond donors (Lipinski definition) is 2. The number of benzene rings is 1. The second-order valence-corrected chi connectivity index (χ2v) is 2.94. The number of carbonyl (C=O) groups excluding carboxylic acids is 1. The zero-order valence-electron chi connectivity index (χ0n) is 7.84. The summed E-state index contributed by atoms with van der Waals surface area (Å²) < 4.78 is 0. The maximum atomic E-state index is 11.5. The standard InChI is InChI=1S/C9H9N5O/c15-9(6-8-11-13-14-12-8)10-7-4-2-1-3-5-7/h1-5H,6H2,(H,10,15)(H,11,12,13,14). The molecule has 1 heterocycles. The van der Waals surface area contributed by atoms with Gasteiger partial charge in [-0.25, -0.2) is 5.10 Å². The van der Waals surface area contributed by atoms with Gasteiger partial charge in [-0.05, 0) is 22.6 Å². The van der Waals surface area contributed by atoms with E-state index in [2.05, 4.69) is 25.9 Å². The molecule has 0 saturated heterocycles. The second-order valence-electron chi connectivity index (χ2n) is 2.94. The van der Waals surface area contributed by atoms with Crippen molar-refractivity contribution in [3.05, 3.63) is 36.2 Å². The average Bonchev–Trinajstić information content (AvgIpc) is 2.71. The fourth-order valence-corrected chi connectivity index (χ4v) is 1.13. The summed E-state index contributed by atoms with van der Waals surface area (Å²) in [6.45, 7) is 0. The number of nitrogens with one attached hydrogen (secondary N) is 2. The molecule has 0 unspecified atom stereocenters. The van der Waals surface area contributed by atoms with Crippen molar-refractivity contribution >= 4 is 11.6 Å². The number of anilines is 1. The molecule has 0 spiro atoms. The first-order valence-corrected chi connectivity index (χ1v) is 4.42. The van der Waals surface area contributed by atoms with Gasteiger partial charge in [0.2, 0.25) is 5.91 Å². The SMILES string of the molecule is O=C(Cc1nnn[nH]1)Nc1ccccc1. The number of amides is 1. The quantitative estimate of drug-likeness (QED) is 0.755. The summed E-state index contributed by atoms with van der Waals surface area (Å²) in [7, 11) is 0. The summed E-state index contributed by atoms with van der Waals surface area (Å²) in [5.41, 5.74) is 0.759. The molecule has 6 heteroatoms. The normalized spacial score (nSPS) is 9.87. The molecule has 0 aliphatic heterocycles. The molecule has 0 aliphatic rings. The van der Waals surface area contributed by atoms with Crippen molar-refractivity contribution in [2.45, 2.75) is 6.42 Å². The first-order valence-electron chi connectivity index (χ1n) is 4.42. The van der Waals surface area contributed by atoms with Crippen LogP contribution in [-0.2, 0) is 11.2 Å². The molecule has 1 aromatic carbocycles. The van der Waals surface area contributed by atoms with Gasteiger partial charge in [-0.1, -0.05) is 18.2 Å². The molecular weight excluding hydrogens is 194 g/mol. The minimum atomic E-state index is -0.153. The van der Waals surface area contributed by atoms with Gasteiger partial charge in [-0.3, -0.25) is 4.79 Å². The van der Waals surface area contributed by atoms with Crippen molar-refractivity contribution in [2.75, 3.05) is 5.32 Å². The van der Waals surface area contributed by atoms with Gasteiger partial charge in [0.15, 0.2) is 5.82 Å². The molecule has 2 aromatic rings. The summed E-state index contributed by atoms with van der Waals surface area (Å²) in [4.78, 5) is 11.5. The molecule has 0 atom stereocenters. The van der Waals surface area contributed by atoms with Crippen LogP contribution in [0.4, 0.5) is 5.69 Å². The van der Waals surface area contributed by atoms with Crippen molar-refractivity contribution in [3.8, 4) is 0 Å². The summed E-state index contributed by atoms with van der Waals surface area (Å²) in [6, 6.07) is 9.22. The highest BCUT2D eigenvalue weighted by Crippen LogP contribution is 2.05. The van der Waals surface area contributed by atoms with Crippen LogP contribution in [0.5, 0.6) is 0 Å². The lowest BCUT2D eigenvalue weighted by Crippen LogP contribution is -2.15. The number of tetrazole rings is 1. The molecule has 2 rings (SSSR count). The maximum absolute atomic E-state index is 11.5. The Balaban J connectivity index is 1.94. The van der Waals surface area contributed by atoms with Gasteiger partial charge in [-0.15, -0.1) is 5.10 Å². The Hall–Kier alpha value is -2.24. The smallest absolute Gasteiger partial charge is 0.232 e. The van der Waals surface area contributed by atoms with Crippen molar-refractivity contribution in [1.82, 2.24) is 20.6 Å². The molecule has 6 nitrogen and oxygen atoms in total. The Morgan fingerprint density at radius 3 is 2.80 bits per heavy atom. The van der Waals surface area contributed by atoms with Crippen LogP contribution in [0.25, 0.3) is 0 Å². The zero-order valence-corrected chi connectivity index (χ0v) is 7.84. The summed E-state index contributed by atoms with van der Waals surface area (Å²) >= 11 is 0. The molecular formula is C9H9N5O. The number of aromatic nitrogens is 4. The summed E-state index contributed by atoms with van der Waals surface area (Å²) in [5.74, 6) is 0.295. The Bertz CT molecular complexity index is 425. The van der Waals surface area contributed by atoms with Crippen molar-refractivity contribution in [2.24, 2.45) is 0 Å². The summed E-state index contributed by atoms with van der Waals surface area (Å²) in [5, 5.41) is 15.6. The third-order valence-electron chi connectivity index (χ3n) is 1.77. The van der Waals surface area contributed by atoms with Crippen LogP contribution in [0.1, 0.15) is 5.82 Å². The lowest BCUT2D eigenvalue weighted by Gasteiger charge is -2.02. The molecule has 0 radical (unpaired) electrons. The van der Waals surface area contributed by atoms with E-state index >= 15 is 0 Å². The zero-order chi connectivity index (χ0) is 10.5. The van der Waals surface area contributed by atoms with E-state index in [1.807, 2.05) is 30.3 Å². The van der Waals surface area contributed by atoms with E-state index in [9.17, 15) is 4.79 Å². The topological polar surface area (TPSA) is 83.6 Å². The van der Waals surface area contributed by atoms with Crippen LogP contribution in [0.2, 0.25) is 0 Å². The van der Waals surface area contributed by atoms with E-state index in [-0.39, 0.29) is 12.3 Å². The number of para-hydroxylation sites is 1. The van der Waals surface area contributed by atoms with Crippen LogP contribution < -0.4 is 5.32 Å². The Kier molecular flexibility index (Phi) is 2.68. The predicted octanol–water partition coefficient (Wildman–Crippen LogP) is 0.381. The van der Waals surface area contributed by atoms with Crippen molar-refractivity contribution in [3.63, 3.8) is 0 Å². The lowest BCUT2D eigenvalue weighted by atomic mass is 10.3. The summed E-state index contributed by atoms with van der Waals surface area (Å²) in [6.07, 6.45) is 0.141. The molecule has 0 fully saturated rings. The van der Waals surface area contributed by atoms with Gasteiger partial charge >= 0.3 is 0 Å². The largest absolute Gasteiger partial charge is 0.326 e. The highest BCUT2D eigenvalue weighted by Gasteiger charge is 2.06.